The van der Waals surface area contributed by atoms with Gasteiger partial charge in [-0.25, -0.2) is 9.18 Å². The minimum absolute atomic E-state index is 0.0571. The number of methoxy groups -OCH3 is 1. The topological polar surface area (TPSA) is 26.3 Å². The standard InChI is InChI=1S/C9H8ClFO2/c1-5-3-6(11)4-7(8(5)10)9(12)13-2/h3-4H,1-2H3. The number of carbonyl (C=O) groups excluding carboxylic acids is 1. The van der Waals surface area contributed by atoms with E-state index in [4.69, 9.17) is 11.6 Å². The molecule has 0 bridgehead atoms. The summed E-state index contributed by atoms with van der Waals surface area (Å²) in [4.78, 5) is 11.1. The molecule has 13 heavy (non-hydrogen) atoms. The highest BCUT2D eigenvalue weighted by atomic mass is 35.5. The van der Waals surface area contributed by atoms with E-state index in [1.54, 1.807) is 6.92 Å². The maximum Gasteiger partial charge on any atom is 0.339 e. The van der Waals surface area contributed by atoms with Gasteiger partial charge < -0.3 is 4.74 Å². The fourth-order valence-electron chi connectivity index (χ4n) is 0.984. The Balaban J connectivity index is 3.28. The Labute approximate surface area is 80.3 Å². The Bertz CT molecular complexity index is 350. The molecule has 1 rings (SSSR count). The average molecular weight is 203 g/mol. The van der Waals surface area contributed by atoms with Gasteiger partial charge in [-0.2, -0.15) is 0 Å². The van der Waals surface area contributed by atoms with Crippen LogP contribution in [0.25, 0.3) is 0 Å². The second-order valence-electron chi connectivity index (χ2n) is 2.58. The van der Waals surface area contributed by atoms with Gasteiger partial charge in [0.2, 0.25) is 0 Å². The highest BCUT2D eigenvalue weighted by Crippen LogP contribution is 2.22. The summed E-state index contributed by atoms with van der Waals surface area (Å²) in [6, 6.07) is 2.32. The van der Waals surface area contributed by atoms with Crippen LogP contribution < -0.4 is 0 Å². The molecule has 0 unspecified atom stereocenters. The molecule has 2 nitrogen and oxygen atoms in total. The number of ether oxygens (including phenoxy) is 1. The fraction of sp³-hybridized carbons (Fsp3) is 0.222. The van der Waals surface area contributed by atoms with Gasteiger partial charge >= 0.3 is 5.97 Å². The van der Waals surface area contributed by atoms with Gasteiger partial charge in [0, 0.05) is 0 Å². The number of rotatable bonds is 1. The quantitative estimate of drug-likeness (QED) is 0.655. The summed E-state index contributed by atoms with van der Waals surface area (Å²) in [5.41, 5.74) is 0.573. The smallest absolute Gasteiger partial charge is 0.339 e. The minimum Gasteiger partial charge on any atom is -0.465 e. The van der Waals surface area contributed by atoms with Crippen LogP contribution in [-0.4, -0.2) is 13.1 Å². The number of esters is 1. The Hall–Kier alpha value is -1.09. The molecular weight excluding hydrogens is 195 g/mol. The third-order valence-electron chi connectivity index (χ3n) is 1.62. The molecule has 0 aliphatic carbocycles. The number of hydrogen-bond donors (Lipinski definition) is 0. The van der Waals surface area contributed by atoms with Crippen molar-refractivity contribution in [1.29, 1.82) is 0 Å². The SMILES string of the molecule is COC(=O)c1cc(F)cc(C)c1Cl. The van der Waals surface area contributed by atoms with Crippen LogP contribution >= 0.6 is 11.6 Å². The van der Waals surface area contributed by atoms with Crippen molar-refractivity contribution in [3.05, 3.63) is 34.1 Å². The summed E-state index contributed by atoms with van der Waals surface area (Å²) < 4.78 is 17.3. The largest absolute Gasteiger partial charge is 0.465 e. The van der Waals surface area contributed by atoms with Gasteiger partial charge in [-0.1, -0.05) is 11.6 Å². The van der Waals surface area contributed by atoms with Gasteiger partial charge in [0.15, 0.2) is 0 Å². The van der Waals surface area contributed by atoms with E-state index in [1.807, 2.05) is 0 Å². The summed E-state index contributed by atoms with van der Waals surface area (Å²) in [6.07, 6.45) is 0. The van der Waals surface area contributed by atoms with E-state index in [-0.39, 0.29) is 10.6 Å². The monoisotopic (exact) mass is 202 g/mol. The van der Waals surface area contributed by atoms with E-state index in [1.165, 1.54) is 13.2 Å². The third-order valence-corrected chi connectivity index (χ3v) is 2.13. The summed E-state index contributed by atoms with van der Waals surface area (Å²) >= 11 is 5.77. The first-order valence-electron chi connectivity index (χ1n) is 3.60. The molecule has 1 aromatic carbocycles. The van der Waals surface area contributed by atoms with E-state index in [9.17, 15) is 9.18 Å². The van der Waals surface area contributed by atoms with Crippen LogP contribution in [0.1, 0.15) is 15.9 Å². The normalized spacial score (nSPS) is 9.85. The zero-order valence-electron chi connectivity index (χ0n) is 7.23. The van der Waals surface area contributed by atoms with Crippen LogP contribution in [0.3, 0.4) is 0 Å². The number of benzene rings is 1. The summed E-state index contributed by atoms with van der Waals surface area (Å²) in [5.74, 6) is -1.13. The zero-order chi connectivity index (χ0) is 10.0. The summed E-state index contributed by atoms with van der Waals surface area (Å²) in [7, 11) is 1.22. The van der Waals surface area contributed by atoms with Crippen molar-refractivity contribution in [2.24, 2.45) is 0 Å². The highest BCUT2D eigenvalue weighted by Gasteiger charge is 2.13. The van der Waals surface area contributed by atoms with Gasteiger partial charge in [0.1, 0.15) is 5.82 Å². The summed E-state index contributed by atoms with van der Waals surface area (Å²) in [5, 5.41) is 0.230. The number of halogens is 2. The molecule has 0 aromatic heterocycles. The molecule has 0 aliphatic heterocycles. The molecule has 0 aliphatic rings. The zero-order valence-corrected chi connectivity index (χ0v) is 7.98. The maximum absolute atomic E-state index is 12.8. The molecule has 0 atom stereocenters. The first kappa shape index (κ1) is 9.99. The lowest BCUT2D eigenvalue weighted by atomic mass is 10.1. The minimum atomic E-state index is -0.632. The molecule has 0 spiro atoms. The Morgan fingerprint density at radius 2 is 2.15 bits per heavy atom. The Morgan fingerprint density at radius 1 is 1.54 bits per heavy atom. The lowest BCUT2D eigenvalue weighted by Crippen LogP contribution is -2.03. The lowest BCUT2D eigenvalue weighted by molar-refractivity contribution is 0.0600. The molecule has 0 radical (unpaired) electrons. The van der Waals surface area contributed by atoms with E-state index in [0.29, 0.717) is 5.56 Å². The lowest BCUT2D eigenvalue weighted by Gasteiger charge is -2.04. The van der Waals surface area contributed by atoms with Crippen LogP contribution in [0.5, 0.6) is 0 Å². The predicted octanol–water partition coefficient (Wildman–Crippen LogP) is 2.57. The molecule has 0 fully saturated rings. The first-order valence-corrected chi connectivity index (χ1v) is 3.98. The Morgan fingerprint density at radius 3 is 2.69 bits per heavy atom. The van der Waals surface area contributed by atoms with E-state index in [2.05, 4.69) is 4.74 Å². The fourth-order valence-corrected chi connectivity index (χ4v) is 1.17. The average Bonchev–Trinajstić information content (AvgIpc) is 2.10. The maximum atomic E-state index is 12.8. The van der Waals surface area contributed by atoms with Crippen molar-refractivity contribution in [2.45, 2.75) is 6.92 Å². The molecule has 0 saturated carbocycles. The van der Waals surface area contributed by atoms with Crippen molar-refractivity contribution in [1.82, 2.24) is 0 Å². The molecular formula is C9H8ClFO2. The van der Waals surface area contributed by atoms with E-state index >= 15 is 0 Å². The first-order chi connectivity index (χ1) is 6.06. The molecule has 0 heterocycles. The van der Waals surface area contributed by atoms with Gasteiger partial charge in [-0.05, 0) is 24.6 Å². The van der Waals surface area contributed by atoms with Crippen LogP contribution in [0, 0.1) is 12.7 Å². The number of hydrogen-bond acceptors (Lipinski definition) is 2. The van der Waals surface area contributed by atoms with Gasteiger partial charge in [-0.15, -0.1) is 0 Å². The van der Waals surface area contributed by atoms with Crippen molar-refractivity contribution < 1.29 is 13.9 Å². The van der Waals surface area contributed by atoms with Crippen LogP contribution in [-0.2, 0) is 4.74 Å². The van der Waals surface area contributed by atoms with Gasteiger partial charge in [0.05, 0.1) is 17.7 Å². The third kappa shape index (κ3) is 1.98. The summed E-state index contributed by atoms with van der Waals surface area (Å²) in [6.45, 7) is 1.62. The van der Waals surface area contributed by atoms with Crippen molar-refractivity contribution in [2.75, 3.05) is 7.11 Å². The second kappa shape index (κ2) is 3.75. The molecule has 0 N–H and O–H groups in total. The van der Waals surface area contributed by atoms with Crippen LogP contribution in [0.15, 0.2) is 12.1 Å². The number of carbonyl (C=O) groups is 1. The van der Waals surface area contributed by atoms with E-state index in [0.717, 1.165) is 6.07 Å². The van der Waals surface area contributed by atoms with Crippen molar-refractivity contribution in [3.8, 4) is 0 Å². The van der Waals surface area contributed by atoms with E-state index < -0.39 is 11.8 Å². The van der Waals surface area contributed by atoms with Crippen LogP contribution in [0.4, 0.5) is 4.39 Å². The van der Waals surface area contributed by atoms with Crippen LogP contribution in [0.2, 0.25) is 5.02 Å². The molecule has 0 saturated heterocycles. The van der Waals surface area contributed by atoms with Gasteiger partial charge in [0.25, 0.3) is 0 Å². The molecule has 4 heteroatoms. The highest BCUT2D eigenvalue weighted by molar-refractivity contribution is 6.34. The van der Waals surface area contributed by atoms with Crippen molar-refractivity contribution in [3.63, 3.8) is 0 Å². The molecule has 1 aromatic rings. The predicted molar refractivity (Wildman–Crippen MR) is 47.5 cm³/mol. The van der Waals surface area contributed by atoms with Crippen molar-refractivity contribution >= 4 is 17.6 Å². The number of aryl methyl sites for hydroxylation is 1. The van der Waals surface area contributed by atoms with Gasteiger partial charge in [-0.3, -0.25) is 0 Å². The molecule has 70 valence electrons. The Kier molecular flexibility index (Phi) is 2.88. The second-order valence-corrected chi connectivity index (χ2v) is 2.95. The molecule has 0 amide bonds.